The predicted molar refractivity (Wildman–Crippen MR) is 97.7 cm³/mol. The highest BCUT2D eigenvalue weighted by Crippen LogP contribution is 2.35. The molecule has 1 aromatic rings. The van der Waals surface area contributed by atoms with Crippen LogP contribution in [0.15, 0.2) is 18.2 Å². The van der Waals surface area contributed by atoms with Gasteiger partial charge in [-0.1, -0.05) is 18.6 Å². The van der Waals surface area contributed by atoms with E-state index in [0.29, 0.717) is 18.9 Å². The molecule has 0 spiro atoms. The predicted octanol–water partition coefficient (Wildman–Crippen LogP) is 3.15. The van der Waals surface area contributed by atoms with E-state index in [2.05, 4.69) is 5.32 Å². The van der Waals surface area contributed by atoms with Gasteiger partial charge < -0.3 is 20.5 Å². The maximum absolute atomic E-state index is 12.3. The number of amides is 1. The first kappa shape index (κ1) is 18.1. The lowest BCUT2D eigenvalue weighted by Crippen LogP contribution is -2.31. The summed E-state index contributed by atoms with van der Waals surface area (Å²) in [5.41, 5.74) is 7.04. The number of hydrogen-bond acceptors (Lipinski definition) is 4. The number of carbonyl (C=O) groups is 1. The van der Waals surface area contributed by atoms with E-state index in [-0.39, 0.29) is 18.1 Å². The molecule has 3 N–H and O–H groups in total. The Morgan fingerprint density at radius 1 is 1.20 bits per heavy atom. The molecule has 1 aromatic carbocycles. The van der Waals surface area contributed by atoms with Gasteiger partial charge in [0.1, 0.15) is 0 Å². The molecule has 2 fully saturated rings. The van der Waals surface area contributed by atoms with Gasteiger partial charge in [-0.2, -0.15) is 0 Å². The lowest BCUT2D eigenvalue weighted by Gasteiger charge is -2.20. The first-order valence-electron chi connectivity index (χ1n) is 9.52. The first-order chi connectivity index (χ1) is 12.2. The number of para-hydroxylation sites is 1. The SMILES string of the molecule is COc1cccc(CNC(=O)C[C@@H]2CCC[C@H]2N)c1OC1CCCC1. The fraction of sp³-hybridized carbons (Fsp3) is 0.650. The normalized spacial score (nSPS) is 23.6. The molecule has 2 aliphatic carbocycles. The Kier molecular flexibility index (Phi) is 6.19. The van der Waals surface area contributed by atoms with Crippen molar-refractivity contribution >= 4 is 5.91 Å². The number of nitrogens with one attached hydrogen (secondary N) is 1. The summed E-state index contributed by atoms with van der Waals surface area (Å²) in [6.07, 6.45) is 8.60. The summed E-state index contributed by atoms with van der Waals surface area (Å²) >= 11 is 0. The van der Waals surface area contributed by atoms with Crippen LogP contribution in [0.4, 0.5) is 0 Å². The Hall–Kier alpha value is -1.75. The summed E-state index contributed by atoms with van der Waals surface area (Å²) in [7, 11) is 1.65. The molecule has 0 radical (unpaired) electrons. The number of nitrogens with two attached hydrogens (primary N) is 1. The van der Waals surface area contributed by atoms with Crippen molar-refractivity contribution in [3.8, 4) is 11.5 Å². The molecule has 25 heavy (non-hydrogen) atoms. The Morgan fingerprint density at radius 3 is 2.68 bits per heavy atom. The number of carbonyl (C=O) groups excluding carboxylic acids is 1. The van der Waals surface area contributed by atoms with Crippen molar-refractivity contribution in [1.82, 2.24) is 5.32 Å². The minimum atomic E-state index is 0.0667. The standard InChI is InChI=1S/C20H30N2O3/c1-24-18-11-5-7-15(20(18)25-16-8-2-3-9-16)13-22-19(23)12-14-6-4-10-17(14)21/h5,7,11,14,16-17H,2-4,6,8-10,12-13,21H2,1H3,(H,22,23)/t14-,17+/m0/s1. The van der Waals surface area contributed by atoms with Gasteiger partial charge in [-0.15, -0.1) is 0 Å². The van der Waals surface area contributed by atoms with Crippen molar-refractivity contribution in [3.63, 3.8) is 0 Å². The number of hydrogen-bond donors (Lipinski definition) is 2. The lowest BCUT2D eigenvalue weighted by molar-refractivity contribution is -0.122. The highest BCUT2D eigenvalue weighted by atomic mass is 16.5. The topological polar surface area (TPSA) is 73.6 Å². The molecule has 5 nitrogen and oxygen atoms in total. The van der Waals surface area contributed by atoms with Crippen molar-refractivity contribution < 1.29 is 14.3 Å². The van der Waals surface area contributed by atoms with E-state index in [0.717, 1.165) is 49.2 Å². The zero-order valence-electron chi connectivity index (χ0n) is 15.1. The quantitative estimate of drug-likeness (QED) is 0.795. The average molecular weight is 346 g/mol. The van der Waals surface area contributed by atoms with E-state index >= 15 is 0 Å². The zero-order chi connectivity index (χ0) is 17.6. The van der Waals surface area contributed by atoms with E-state index < -0.39 is 0 Å². The molecule has 0 aromatic heterocycles. The largest absolute Gasteiger partial charge is 0.493 e. The molecule has 0 heterocycles. The van der Waals surface area contributed by atoms with Gasteiger partial charge in [-0.25, -0.2) is 0 Å². The molecule has 5 heteroatoms. The van der Waals surface area contributed by atoms with Crippen LogP contribution in [-0.2, 0) is 11.3 Å². The molecule has 138 valence electrons. The number of benzene rings is 1. The zero-order valence-corrected chi connectivity index (χ0v) is 15.1. The summed E-state index contributed by atoms with van der Waals surface area (Å²) in [6.45, 7) is 0.458. The van der Waals surface area contributed by atoms with Crippen LogP contribution >= 0.6 is 0 Å². The highest BCUT2D eigenvalue weighted by molar-refractivity contribution is 5.76. The van der Waals surface area contributed by atoms with Crippen LogP contribution < -0.4 is 20.5 Å². The fourth-order valence-electron chi connectivity index (χ4n) is 3.99. The van der Waals surface area contributed by atoms with E-state index in [4.69, 9.17) is 15.2 Å². The maximum Gasteiger partial charge on any atom is 0.220 e. The van der Waals surface area contributed by atoms with Crippen molar-refractivity contribution in [3.05, 3.63) is 23.8 Å². The second kappa shape index (κ2) is 8.56. The minimum Gasteiger partial charge on any atom is -0.493 e. The van der Waals surface area contributed by atoms with E-state index in [1.54, 1.807) is 7.11 Å². The van der Waals surface area contributed by atoms with Crippen LogP contribution in [0.25, 0.3) is 0 Å². The van der Waals surface area contributed by atoms with Crippen molar-refractivity contribution in [2.75, 3.05) is 7.11 Å². The van der Waals surface area contributed by atoms with Crippen molar-refractivity contribution in [2.45, 2.75) is 70.1 Å². The summed E-state index contributed by atoms with van der Waals surface area (Å²) in [4.78, 5) is 12.3. The average Bonchev–Trinajstić information content (AvgIpc) is 3.26. The first-order valence-corrected chi connectivity index (χ1v) is 9.52. The maximum atomic E-state index is 12.3. The molecule has 2 aliphatic rings. The lowest BCUT2D eigenvalue weighted by atomic mass is 10.00. The van der Waals surface area contributed by atoms with Gasteiger partial charge in [0.2, 0.25) is 5.91 Å². The van der Waals surface area contributed by atoms with Crippen molar-refractivity contribution in [1.29, 1.82) is 0 Å². The van der Waals surface area contributed by atoms with Crippen LogP contribution in [0.3, 0.4) is 0 Å². The molecule has 1 amide bonds. The van der Waals surface area contributed by atoms with Gasteiger partial charge in [0.25, 0.3) is 0 Å². The molecule has 3 rings (SSSR count). The van der Waals surface area contributed by atoms with Gasteiger partial charge in [0.05, 0.1) is 13.2 Å². The smallest absolute Gasteiger partial charge is 0.220 e. The van der Waals surface area contributed by atoms with Crippen LogP contribution in [0.2, 0.25) is 0 Å². The molecule has 0 aliphatic heterocycles. The van der Waals surface area contributed by atoms with Crippen molar-refractivity contribution in [2.24, 2.45) is 11.7 Å². The molecule has 0 unspecified atom stereocenters. The second-order valence-electron chi connectivity index (χ2n) is 7.31. The fourth-order valence-corrected chi connectivity index (χ4v) is 3.99. The molecule has 0 bridgehead atoms. The molecule has 0 saturated heterocycles. The summed E-state index contributed by atoms with van der Waals surface area (Å²) < 4.78 is 11.7. The highest BCUT2D eigenvalue weighted by Gasteiger charge is 2.26. The minimum absolute atomic E-state index is 0.0667. The molecular weight excluding hydrogens is 316 g/mol. The third kappa shape index (κ3) is 4.66. The van der Waals surface area contributed by atoms with Crippen LogP contribution in [-0.4, -0.2) is 25.2 Å². The Balaban J connectivity index is 1.61. The van der Waals surface area contributed by atoms with E-state index in [9.17, 15) is 4.79 Å². The van der Waals surface area contributed by atoms with Gasteiger partial charge >= 0.3 is 0 Å². The van der Waals surface area contributed by atoms with Crippen LogP contribution in [0, 0.1) is 5.92 Å². The summed E-state index contributed by atoms with van der Waals surface area (Å²) in [5.74, 6) is 1.89. The summed E-state index contributed by atoms with van der Waals surface area (Å²) in [6, 6.07) is 6.01. The van der Waals surface area contributed by atoms with E-state index in [1.165, 1.54) is 12.8 Å². The van der Waals surface area contributed by atoms with Gasteiger partial charge in [-0.3, -0.25) is 4.79 Å². The van der Waals surface area contributed by atoms with Gasteiger partial charge in [0, 0.05) is 24.6 Å². The Bertz CT molecular complexity index is 584. The third-order valence-electron chi connectivity index (χ3n) is 5.51. The monoisotopic (exact) mass is 346 g/mol. The number of methoxy groups -OCH3 is 1. The number of ether oxygens (including phenoxy) is 2. The summed E-state index contributed by atoms with van der Waals surface area (Å²) in [5, 5.41) is 3.03. The third-order valence-corrected chi connectivity index (χ3v) is 5.51. The van der Waals surface area contributed by atoms with Gasteiger partial charge in [-0.05, 0) is 50.5 Å². The Labute approximate surface area is 150 Å². The van der Waals surface area contributed by atoms with E-state index in [1.807, 2.05) is 18.2 Å². The Morgan fingerprint density at radius 2 is 2.00 bits per heavy atom. The van der Waals surface area contributed by atoms with Crippen LogP contribution in [0.1, 0.15) is 56.9 Å². The van der Waals surface area contributed by atoms with Gasteiger partial charge in [0.15, 0.2) is 11.5 Å². The van der Waals surface area contributed by atoms with Crippen LogP contribution in [0.5, 0.6) is 11.5 Å². The second-order valence-corrected chi connectivity index (χ2v) is 7.31. The number of rotatable bonds is 7. The molecule has 2 saturated carbocycles. The molecular formula is C20H30N2O3. The molecule has 2 atom stereocenters.